The van der Waals surface area contributed by atoms with Crippen molar-refractivity contribution >= 4 is 83.5 Å². The Labute approximate surface area is 445 Å². The molecule has 0 spiro atoms. The number of carboxylic acids is 1. The van der Waals surface area contributed by atoms with E-state index in [9.17, 15) is 58.8 Å². The number of para-hydroxylation sites is 1. The first-order valence-electron chi connectivity index (χ1n) is 24.3. The molecule has 4 aromatic rings. The van der Waals surface area contributed by atoms with E-state index in [1.807, 2.05) is 12.1 Å². The largest absolute Gasteiger partial charge is 0.508 e. The van der Waals surface area contributed by atoms with Crippen LogP contribution >= 0.6 is 25.3 Å². The number of rotatable bonds is 29. The number of amides is 7. The highest BCUT2D eigenvalue weighted by Crippen LogP contribution is 2.22. The summed E-state index contributed by atoms with van der Waals surface area (Å²) < 4.78 is -1.22. The van der Waals surface area contributed by atoms with E-state index in [-0.39, 0.29) is 50.2 Å². The van der Waals surface area contributed by atoms with E-state index in [1.165, 1.54) is 31.2 Å². The van der Waals surface area contributed by atoms with Gasteiger partial charge in [-0.2, -0.15) is 25.3 Å². The van der Waals surface area contributed by atoms with Crippen molar-refractivity contribution < 1.29 is 58.8 Å². The van der Waals surface area contributed by atoms with Crippen molar-refractivity contribution in [3.05, 3.63) is 102 Å². The number of carbonyl (C=O) groups is 8. The van der Waals surface area contributed by atoms with Crippen LogP contribution in [0.3, 0.4) is 0 Å². The molecule has 0 aliphatic heterocycles. The predicted octanol–water partition coefficient (Wildman–Crippen LogP) is -0.764. The molecule has 0 radical (unpaired) electrons. The lowest BCUT2D eigenvalue weighted by atomic mass is 9.98. The first-order chi connectivity index (χ1) is 35.4. The Kier molecular flexibility index (Phi) is 23.4. The molecule has 0 saturated carbocycles. The fraction of sp³-hybridized carbons (Fsp3) is 0.451. The topological polar surface area (TPSA) is 370 Å². The van der Waals surface area contributed by atoms with Gasteiger partial charge in [-0.1, -0.05) is 60.7 Å². The number of aliphatic hydroxyl groups excluding tert-OH is 2. The maximum Gasteiger partial charge on any atom is 0.328 e. The van der Waals surface area contributed by atoms with Crippen LogP contribution < -0.4 is 48.7 Å². The van der Waals surface area contributed by atoms with E-state index in [2.05, 4.69) is 67.5 Å². The van der Waals surface area contributed by atoms with Gasteiger partial charge in [-0.15, -0.1) is 0 Å². The van der Waals surface area contributed by atoms with Gasteiger partial charge in [-0.05, 0) is 94.8 Å². The molecule has 0 aliphatic rings. The van der Waals surface area contributed by atoms with Crippen LogP contribution in [0, 0.1) is 0 Å². The van der Waals surface area contributed by atoms with Crippen LogP contribution in [0.15, 0.2) is 85.1 Å². The lowest BCUT2D eigenvalue weighted by molar-refractivity contribution is -0.145. The lowest BCUT2D eigenvalue weighted by Gasteiger charge is -2.32. The van der Waals surface area contributed by atoms with Crippen molar-refractivity contribution in [2.24, 2.45) is 11.5 Å². The Morgan fingerprint density at radius 2 is 1.13 bits per heavy atom. The molecule has 24 heteroatoms. The molecule has 4 rings (SSSR count). The fourth-order valence-corrected chi connectivity index (χ4v) is 8.34. The number of nitrogens with two attached hydrogens (primary N) is 2. The zero-order chi connectivity index (χ0) is 55.6. The van der Waals surface area contributed by atoms with Gasteiger partial charge in [0.1, 0.15) is 42.0 Å². The number of thiol groups is 2. The third-order valence-electron chi connectivity index (χ3n) is 12.1. The standard InChI is InChI=1S/C51H70N10O12S2/c1-27(62)40(48(70)58-39(26-74)47(69)60-41(28(2)63)50(72)73)59-44(66)36(16-10-11-21-52)55-46(68)38(24-31-25-54-35-15-9-8-14-33(31)35)56-45(67)37(23-30-17-19-32(64)20-18-30)57-49(71)42(51(3,4)75)61-43(65)34(53)22-29-12-6-5-7-13-29/h5-9,12-15,17-20,25,27-28,34,36-42,54,62-64,74-75H,10-11,16,21-24,26,52-53H2,1-4H3,(H,55,68)(H,56,67)(H,57,71)(H,58,70)(H,59,66)(H,60,69)(H,61,65)(H,72,73)/t27-,28-,34+,36+,37+,38-,39+,40+,41+,42-/m1/s1. The smallest absolute Gasteiger partial charge is 0.328 e. The summed E-state index contributed by atoms with van der Waals surface area (Å²) in [4.78, 5) is 113. The monoisotopic (exact) mass is 1080 g/mol. The van der Waals surface area contributed by atoms with Crippen LogP contribution in [0.1, 0.15) is 63.6 Å². The zero-order valence-electron chi connectivity index (χ0n) is 42.1. The molecule has 75 heavy (non-hydrogen) atoms. The molecule has 7 amide bonds. The first-order valence-corrected chi connectivity index (χ1v) is 25.4. The second kappa shape index (κ2) is 28.8. The lowest BCUT2D eigenvalue weighted by Crippen LogP contribution is -2.63. The van der Waals surface area contributed by atoms with Crippen LogP contribution in [0.2, 0.25) is 0 Å². The van der Waals surface area contributed by atoms with E-state index in [4.69, 9.17) is 11.5 Å². The molecule has 0 fully saturated rings. The Hall–Kier alpha value is -6.70. The molecule has 0 aliphatic carbocycles. The summed E-state index contributed by atoms with van der Waals surface area (Å²) in [5, 5.41) is 58.5. The van der Waals surface area contributed by atoms with Crippen LogP contribution in [0.5, 0.6) is 5.75 Å². The number of hydrogen-bond acceptors (Lipinski definition) is 15. The van der Waals surface area contributed by atoms with Gasteiger partial charge in [0.05, 0.1) is 18.2 Å². The second-order valence-corrected chi connectivity index (χ2v) is 20.3. The van der Waals surface area contributed by atoms with Gasteiger partial charge in [0.2, 0.25) is 41.4 Å². The normalized spacial score (nSPS) is 15.5. The summed E-state index contributed by atoms with van der Waals surface area (Å²) in [5.41, 5.74) is 14.6. The first kappa shape index (κ1) is 60.9. The summed E-state index contributed by atoms with van der Waals surface area (Å²) in [7, 11) is 0. The van der Waals surface area contributed by atoms with Crippen LogP contribution in [-0.2, 0) is 57.6 Å². The average molecular weight is 1080 g/mol. The average Bonchev–Trinajstić information content (AvgIpc) is 3.77. The Morgan fingerprint density at radius 1 is 0.613 bits per heavy atom. The van der Waals surface area contributed by atoms with Gasteiger partial charge in [-0.25, -0.2) is 4.79 Å². The Morgan fingerprint density at radius 3 is 1.72 bits per heavy atom. The maximum absolute atomic E-state index is 14.7. The highest BCUT2D eigenvalue weighted by atomic mass is 32.1. The van der Waals surface area contributed by atoms with Gasteiger partial charge in [0.15, 0.2) is 6.04 Å². The minimum Gasteiger partial charge on any atom is -0.508 e. The van der Waals surface area contributed by atoms with Crippen molar-refractivity contribution in [1.82, 2.24) is 42.2 Å². The molecule has 1 heterocycles. The van der Waals surface area contributed by atoms with Gasteiger partial charge in [0.25, 0.3) is 0 Å². The predicted molar refractivity (Wildman–Crippen MR) is 286 cm³/mol. The highest BCUT2D eigenvalue weighted by Gasteiger charge is 2.39. The summed E-state index contributed by atoms with van der Waals surface area (Å²) >= 11 is 8.72. The summed E-state index contributed by atoms with van der Waals surface area (Å²) in [5.74, 6) is -8.24. The van der Waals surface area contributed by atoms with E-state index in [0.29, 0.717) is 28.5 Å². The Bertz CT molecular complexity index is 2580. The number of phenolic OH excluding ortho intramolecular Hbond substituents is 1. The van der Waals surface area contributed by atoms with E-state index in [1.54, 1.807) is 62.5 Å². The molecule has 22 nitrogen and oxygen atoms in total. The SMILES string of the molecule is C[C@@H](O)[C@H](NC(=O)[C@H](CS)NC(=O)[C@@H](NC(=O)[C@H](CCCCN)NC(=O)[C@@H](Cc1c[nH]c2ccccc12)NC(=O)[C@H](Cc1ccc(O)cc1)NC(=O)[C@@H](NC(=O)[C@@H](N)Cc1ccccc1)C(C)(C)S)[C@@H](C)O)C(=O)O. The van der Waals surface area contributed by atoms with Crippen molar-refractivity contribution in [2.45, 2.75) is 132 Å². The van der Waals surface area contributed by atoms with E-state index in [0.717, 1.165) is 12.5 Å². The molecule has 0 bridgehead atoms. The molecule has 0 unspecified atom stereocenters. The number of fused-ring (bicyclic) bond motifs is 1. The quantitative estimate of drug-likeness (QED) is 0.0235. The minimum absolute atomic E-state index is 0.0462. The number of carboxylic acid groups (broad SMARTS) is 1. The number of aromatic amines is 1. The number of H-pyrrole nitrogens is 1. The number of benzene rings is 3. The number of carbonyl (C=O) groups excluding carboxylic acids is 7. The number of aliphatic carboxylic acids is 1. The second-order valence-electron chi connectivity index (χ2n) is 18.8. The molecule has 10 atom stereocenters. The molecule has 3 aromatic carbocycles. The molecular weight excluding hydrogens is 1010 g/mol. The van der Waals surface area contributed by atoms with Gasteiger partial charge < -0.3 is 74.1 Å². The summed E-state index contributed by atoms with van der Waals surface area (Å²) in [6.45, 7) is 5.72. The maximum atomic E-state index is 14.7. The van der Waals surface area contributed by atoms with Crippen molar-refractivity contribution in [3.8, 4) is 5.75 Å². The van der Waals surface area contributed by atoms with E-state index >= 15 is 0 Å². The van der Waals surface area contributed by atoms with Crippen LogP contribution in [-0.4, -0.2) is 150 Å². The third kappa shape index (κ3) is 18.6. The number of hydrogen-bond donors (Lipinski definition) is 16. The van der Waals surface area contributed by atoms with Gasteiger partial charge in [-0.3, -0.25) is 33.6 Å². The van der Waals surface area contributed by atoms with E-state index < -0.39 is 113 Å². The third-order valence-corrected chi connectivity index (χ3v) is 12.8. The van der Waals surface area contributed by atoms with Crippen LogP contribution in [0.25, 0.3) is 10.9 Å². The number of unbranched alkanes of at least 4 members (excludes halogenated alkanes) is 1. The van der Waals surface area contributed by atoms with Crippen molar-refractivity contribution in [3.63, 3.8) is 0 Å². The summed E-state index contributed by atoms with van der Waals surface area (Å²) in [6, 6.07) is 10.4. The molecule has 408 valence electrons. The molecule has 16 N–H and O–H groups in total. The Balaban J connectivity index is 1.66. The fourth-order valence-electron chi connectivity index (χ4n) is 7.90. The van der Waals surface area contributed by atoms with Crippen molar-refractivity contribution in [1.29, 1.82) is 0 Å². The zero-order valence-corrected chi connectivity index (χ0v) is 43.9. The van der Waals surface area contributed by atoms with Gasteiger partial charge in [0, 0.05) is 40.4 Å². The highest BCUT2D eigenvalue weighted by molar-refractivity contribution is 7.81. The molecule has 1 aromatic heterocycles. The molecule has 0 saturated heterocycles. The number of nitrogens with one attached hydrogen (secondary N) is 8. The van der Waals surface area contributed by atoms with Crippen molar-refractivity contribution in [2.75, 3.05) is 12.3 Å². The summed E-state index contributed by atoms with van der Waals surface area (Å²) in [6.07, 6.45) is -0.992. The number of aromatic hydroxyl groups is 1. The number of aliphatic hydroxyl groups is 2. The number of aromatic nitrogens is 1. The molecular formula is C51H70N10O12S2. The van der Waals surface area contributed by atoms with Gasteiger partial charge >= 0.3 is 5.97 Å². The van der Waals surface area contributed by atoms with Crippen LogP contribution in [0.4, 0.5) is 0 Å². The number of phenols is 1. The minimum atomic E-state index is -1.74.